The topological polar surface area (TPSA) is 114 Å². The molecule has 174 valence electrons. The molecule has 0 aromatic heterocycles. The lowest BCUT2D eigenvalue weighted by Crippen LogP contribution is -2.30. The Morgan fingerprint density at radius 1 is 1.03 bits per heavy atom. The first-order valence-electron chi connectivity index (χ1n) is 10.7. The molecule has 4 rings (SSSR count). The van der Waals surface area contributed by atoms with E-state index in [2.05, 4.69) is 5.10 Å². The second-order valence-electron chi connectivity index (χ2n) is 7.88. The van der Waals surface area contributed by atoms with Crippen LogP contribution >= 0.6 is 0 Å². The Bertz CT molecular complexity index is 1220. The van der Waals surface area contributed by atoms with E-state index < -0.39 is 17.9 Å². The highest BCUT2D eigenvalue weighted by molar-refractivity contribution is 6.46. The number of amides is 1. The molecule has 1 aliphatic heterocycles. The van der Waals surface area contributed by atoms with Gasteiger partial charge in [-0.2, -0.15) is 5.10 Å². The molecule has 3 aromatic carbocycles. The predicted octanol–water partition coefficient (Wildman–Crippen LogP) is 3.31. The lowest BCUT2D eigenvalue weighted by atomic mass is 9.85. The fourth-order valence-electron chi connectivity index (χ4n) is 4.27. The van der Waals surface area contributed by atoms with Gasteiger partial charge in [0.15, 0.2) is 17.3 Å². The van der Waals surface area contributed by atoms with E-state index in [1.165, 1.54) is 13.2 Å². The van der Waals surface area contributed by atoms with Gasteiger partial charge in [-0.3, -0.25) is 9.59 Å². The van der Waals surface area contributed by atoms with Gasteiger partial charge in [-0.25, -0.2) is 0 Å². The summed E-state index contributed by atoms with van der Waals surface area (Å²) in [5.41, 5.74) is 1.88. The van der Waals surface area contributed by atoms with Crippen LogP contribution in [0.1, 0.15) is 27.5 Å². The normalized spacial score (nSPS) is 18.8. The van der Waals surface area contributed by atoms with Crippen molar-refractivity contribution in [1.82, 2.24) is 4.90 Å². The number of Topliss-reactive ketones (excluding diaryl/α,β-unsaturated/α-hetero) is 1. The van der Waals surface area contributed by atoms with Crippen molar-refractivity contribution in [1.29, 1.82) is 0 Å². The van der Waals surface area contributed by atoms with E-state index in [0.717, 1.165) is 5.56 Å². The lowest BCUT2D eigenvalue weighted by Gasteiger charge is -2.28. The van der Waals surface area contributed by atoms with Gasteiger partial charge in [-0.15, -0.1) is 0 Å². The molecule has 34 heavy (non-hydrogen) atoms. The molecule has 8 nitrogen and oxygen atoms in total. The summed E-state index contributed by atoms with van der Waals surface area (Å²) in [6, 6.07) is 20.2. The molecule has 1 heterocycles. The molecule has 1 amide bonds. The molecule has 1 fully saturated rings. The number of benzene rings is 3. The molecule has 0 spiro atoms. The van der Waals surface area contributed by atoms with Crippen LogP contribution in [0.2, 0.25) is 0 Å². The maximum atomic E-state index is 13.7. The third kappa shape index (κ3) is 4.17. The summed E-state index contributed by atoms with van der Waals surface area (Å²) in [7, 11) is 2.98. The second kappa shape index (κ2) is 9.66. The van der Waals surface area contributed by atoms with Gasteiger partial charge >= 0.3 is 0 Å². The number of hydrogen-bond donors (Lipinski definition) is 2. The summed E-state index contributed by atoms with van der Waals surface area (Å²) < 4.78 is 10.5. The molecule has 0 radical (unpaired) electrons. The van der Waals surface area contributed by atoms with Crippen LogP contribution in [0, 0.1) is 5.92 Å². The van der Waals surface area contributed by atoms with E-state index in [0.29, 0.717) is 16.9 Å². The Balaban J connectivity index is 1.83. The highest BCUT2D eigenvalue weighted by Gasteiger charge is 2.50. The van der Waals surface area contributed by atoms with Gasteiger partial charge in [0, 0.05) is 12.1 Å². The SMILES string of the molecule is COc1ccc(C(=O)[C@H]2/C(=N\N)C(=O)N(Cc3ccccc3)[C@H]2c2ccc(O)c(OC)c2)cc1. The number of nitrogens with two attached hydrogens (primary N) is 1. The first-order chi connectivity index (χ1) is 16.5. The van der Waals surface area contributed by atoms with E-state index >= 15 is 0 Å². The molecule has 0 bridgehead atoms. The van der Waals surface area contributed by atoms with Crippen LogP contribution in [0.25, 0.3) is 0 Å². The molecule has 0 saturated carbocycles. The standard InChI is InChI=1S/C26H25N3O5/c1-33-19-11-8-17(9-12-19)25(31)22-23(28-27)26(32)29(15-16-6-4-3-5-7-16)24(22)18-10-13-20(30)21(14-18)34-2/h3-14,22,24,30H,15,27H2,1-2H3/b28-23+/t22-,24-/m0/s1. The largest absolute Gasteiger partial charge is 0.504 e. The third-order valence-corrected chi connectivity index (χ3v) is 5.96. The van der Waals surface area contributed by atoms with E-state index in [1.54, 1.807) is 48.4 Å². The number of hydrogen-bond acceptors (Lipinski definition) is 7. The first kappa shape index (κ1) is 22.8. The number of carbonyl (C=O) groups excluding carboxylic acids is 2. The summed E-state index contributed by atoms with van der Waals surface area (Å²) in [5.74, 6) is 4.78. The number of phenolic OH excluding ortho intramolecular Hbond substituents is 1. The smallest absolute Gasteiger partial charge is 0.271 e. The van der Waals surface area contributed by atoms with E-state index in [9.17, 15) is 14.7 Å². The summed E-state index contributed by atoms with van der Waals surface area (Å²) in [6.07, 6.45) is 0. The van der Waals surface area contributed by atoms with Gasteiger partial charge in [-0.1, -0.05) is 36.4 Å². The fraction of sp³-hybridized carbons (Fsp3) is 0.192. The van der Waals surface area contributed by atoms with Crippen molar-refractivity contribution in [3.63, 3.8) is 0 Å². The van der Waals surface area contributed by atoms with Crippen LogP contribution in [0.3, 0.4) is 0 Å². The molecule has 3 N–H and O–H groups in total. The number of hydrazone groups is 1. The molecule has 1 saturated heterocycles. The maximum Gasteiger partial charge on any atom is 0.271 e. The monoisotopic (exact) mass is 459 g/mol. The van der Waals surface area contributed by atoms with Crippen molar-refractivity contribution < 1.29 is 24.2 Å². The zero-order valence-electron chi connectivity index (χ0n) is 18.8. The minimum absolute atomic E-state index is 0.0196. The zero-order valence-corrected chi connectivity index (χ0v) is 18.8. The number of ether oxygens (including phenoxy) is 2. The summed E-state index contributed by atoms with van der Waals surface area (Å²) in [6.45, 7) is 0.249. The van der Waals surface area contributed by atoms with Gasteiger partial charge in [0.2, 0.25) is 0 Å². The number of phenols is 1. The Morgan fingerprint density at radius 3 is 2.35 bits per heavy atom. The van der Waals surface area contributed by atoms with Crippen molar-refractivity contribution >= 4 is 17.4 Å². The number of nitrogens with zero attached hydrogens (tertiary/aromatic N) is 2. The fourth-order valence-corrected chi connectivity index (χ4v) is 4.27. The third-order valence-electron chi connectivity index (χ3n) is 5.96. The number of likely N-dealkylation sites (tertiary alicyclic amines) is 1. The Hall–Kier alpha value is -4.33. The number of rotatable bonds is 7. The molecule has 3 aromatic rings. The molecule has 2 atom stereocenters. The minimum Gasteiger partial charge on any atom is -0.504 e. The Labute approximate surface area is 197 Å². The van der Waals surface area contributed by atoms with E-state index in [-0.39, 0.29) is 29.5 Å². The van der Waals surface area contributed by atoms with E-state index in [4.69, 9.17) is 15.3 Å². The van der Waals surface area contributed by atoms with Crippen molar-refractivity contribution in [2.24, 2.45) is 16.9 Å². The predicted molar refractivity (Wildman–Crippen MR) is 127 cm³/mol. The quantitative estimate of drug-likeness (QED) is 0.318. The summed E-state index contributed by atoms with van der Waals surface area (Å²) >= 11 is 0. The highest BCUT2D eigenvalue weighted by atomic mass is 16.5. The van der Waals surface area contributed by atoms with Gasteiger partial charge in [0.25, 0.3) is 5.91 Å². The number of aromatic hydroxyl groups is 1. The van der Waals surface area contributed by atoms with Gasteiger partial charge < -0.3 is 25.3 Å². The number of methoxy groups -OCH3 is 2. The van der Waals surface area contributed by atoms with Crippen LogP contribution in [-0.4, -0.2) is 41.6 Å². The second-order valence-corrected chi connectivity index (χ2v) is 7.88. The molecular formula is C26H25N3O5. The van der Waals surface area contributed by atoms with Gasteiger partial charge in [0.05, 0.1) is 26.2 Å². The van der Waals surface area contributed by atoms with Gasteiger partial charge in [0.1, 0.15) is 11.5 Å². The number of carbonyl (C=O) groups is 2. The van der Waals surface area contributed by atoms with Crippen molar-refractivity contribution in [2.45, 2.75) is 12.6 Å². The van der Waals surface area contributed by atoms with Crippen LogP contribution < -0.4 is 15.3 Å². The van der Waals surface area contributed by atoms with Gasteiger partial charge in [-0.05, 0) is 47.5 Å². The summed E-state index contributed by atoms with van der Waals surface area (Å²) in [5, 5.41) is 13.9. The lowest BCUT2D eigenvalue weighted by molar-refractivity contribution is -0.124. The molecule has 8 heteroatoms. The molecule has 0 aliphatic carbocycles. The maximum absolute atomic E-state index is 13.7. The van der Waals surface area contributed by atoms with E-state index in [1.807, 2.05) is 30.3 Å². The first-order valence-corrected chi connectivity index (χ1v) is 10.7. The zero-order chi connectivity index (χ0) is 24.2. The molecule has 0 unspecified atom stereocenters. The summed E-state index contributed by atoms with van der Waals surface area (Å²) in [4.78, 5) is 28.8. The molecular weight excluding hydrogens is 434 g/mol. The minimum atomic E-state index is -0.955. The average molecular weight is 460 g/mol. The Kier molecular flexibility index (Phi) is 6.49. The Morgan fingerprint density at radius 2 is 1.74 bits per heavy atom. The van der Waals surface area contributed by atoms with Crippen LogP contribution in [0.4, 0.5) is 0 Å². The van der Waals surface area contributed by atoms with Crippen molar-refractivity contribution in [2.75, 3.05) is 14.2 Å². The average Bonchev–Trinajstić information content (AvgIpc) is 3.15. The van der Waals surface area contributed by atoms with Crippen molar-refractivity contribution in [3.8, 4) is 17.2 Å². The molecule has 1 aliphatic rings. The van der Waals surface area contributed by atoms with Crippen molar-refractivity contribution in [3.05, 3.63) is 89.5 Å². The van der Waals surface area contributed by atoms with Crippen LogP contribution in [0.15, 0.2) is 77.9 Å². The van der Waals surface area contributed by atoms with Crippen LogP contribution in [-0.2, 0) is 11.3 Å². The van der Waals surface area contributed by atoms with Crippen LogP contribution in [0.5, 0.6) is 17.2 Å². The number of ketones is 1. The highest BCUT2D eigenvalue weighted by Crippen LogP contribution is 2.42.